The Labute approximate surface area is 136 Å². The molecule has 0 fully saturated rings. The molecule has 6 nitrogen and oxygen atoms in total. The molecule has 3 aromatic rings. The van der Waals surface area contributed by atoms with Crippen molar-refractivity contribution >= 4 is 22.5 Å². The molecule has 7 heteroatoms. The summed E-state index contributed by atoms with van der Waals surface area (Å²) in [5.74, 6) is -0.799. The van der Waals surface area contributed by atoms with E-state index in [-0.39, 0.29) is 5.56 Å². The molecule has 2 aromatic carbocycles. The van der Waals surface area contributed by atoms with Crippen LogP contribution in [0.1, 0.15) is 19.4 Å². The third-order valence-electron chi connectivity index (χ3n) is 3.69. The first-order valence-electron chi connectivity index (χ1n) is 7.51. The number of carbonyl (C=O) groups is 1. The van der Waals surface area contributed by atoms with E-state index in [2.05, 4.69) is 15.6 Å². The average molecular weight is 326 g/mol. The van der Waals surface area contributed by atoms with E-state index < -0.39 is 17.8 Å². The van der Waals surface area contributed by atoms with Crippen molar-refractivity contribution in [3.8, 4) is 0 Å². The fraction of sp³-hybridized carbons (Fsp3) is 0.176. The van der Waals surface area contributed by atoms with Crippen molar-refractivity contribution in [1.29, 1.82) is 0 Å². The van der Waals surface area contributed by atoms with Crippen molar-refractivity contribution < 1.29 is 9.18 Å². The minimum absolute atomic E-state index is 0.361. The number of carbonyl (C=O) groups excluding carboxylic acids is 1. The predicted octanol–water partition coefficient (Wildman–Crippen LogP) is 2.52. The Balaban J connectivity index is 1.93. The Kier molecular flexibility index (Phi) is 4.33. The third-order valence-corrected chi connectivity index (χ3v) is 3.69. The largest absolute Gasteiger partial charge is 0.324 e. The zero-order chi connectivity index (χ0) is 17.1. The molecular formula is C17H15FN4O2. The van der Waals surface area contributed by atoms with Crippen LogP contribution in [0.25, 0.3) is 10.9 Å². The van der Waals surface area contributed by atoms with Crippen molar-refractivity contribution in [3.63, 3.8) is 0 Å². The van der Waals surface area contributed by atoms with Crippen molar-refractivity contribution in [1.82, 2.24) is 15.0 Å². The fourth-order valence-electron chi connectivity index (χ4n) is 2.43. The first-order valence-corrected chi connectivity index (χ1v) is 7.51. The smallest absolute Gasteiger partial charge is 0.278 e. The second kappa shape index (κ2) is 6.57. The van der Waals surface area contributed by atoms with Gasteiger partial charge in [0.1, 0.15) is 17.4 Å². The van der Waals surface area contributed by atoms with Crippen LogP contribution in [0.2, 0.25) is 0 Å². The Morgan fingerprint density at radius 2 is 1.92 bits per heavy atom. The first-order chi connectivity index (χ1) is 11.6. The van der Waals surface area contributed by atoms with Gasteiger partial charge in [0.2, 0.25) is 5.91 Å². The molecule has 0 aliphatic heterocycles. The number of hydrogen-bond acceptors (Lipinski definition) is 4. The van der Waals surface area contributed by atoms with Gasteiger partial charge in [0, 0.05) is 5.69 Å². The predicted molar refractivity (Wildman–Crippen MR) is 88.2 cm³/mol. The van der Waals surface area contributed by atoms with Gasteiger partial charge in [0.25, 0.3) is 5.56 Å². The molecule has 0 bridgehead atoms. The maximum absolute atomic E-state index is 12.9. The maximum atomic E-state index is 12.9. The van der Waals surface area contributed by atoms with Gasteiger partial charge >= 0.3 is 0 Å². The van der Waals surface area contributed by atoms with Gasteiger partial charge in [-0.1, -0.05) is 24.3 Å². The van der Waals surface area contributed by atoms with E-state index >= 15 is 0 Å². The maximum Gasteiger partial charge on any atom is 0.278 e. The quantitative estimate of drug-likeness (QED) is 0.799. The van der Waals surface area contributed by atoms with Crippen molar-refractivity contribution in [2.24, 2.45) is 0 Å². The van der Waals surface area contributed by atoms with Gasteiger partial charge in [0.15, 0.2) is 0 Å². The highest BCUT2D eigenvalue weighted by Gasteiger charge is 2.22. The summed E-state index contributed by atoms with van der Waals surface area (Å²) in [4.78, 5) is 25.0. The highest BCUT2D eigenvalue weighted by molar-refractivity contribution is 5.93. The monoisotopic (exact) mass is 326 g/mol. The van der Waals surface area contributed by atoms with Gasteiger partial charge < -0.3 is 5.32 Å². The molecule has 1 amide bonds. The van der Waals surface area contributed by atoms with Crippen LogP contribution in [0.4, 0.5) is 10.1 Å². The number of halogens is 1. The molecule has 0 saturated heterocycles. The SMILES string of the molecule is CC[C@H](C(=O)Nc1ccc(F)cc1)n1nnc2ccccc2c1=O. The first kappa shape index (κ1) is 15.8. The Hall–Kier alpha value is -3.09. The zero-order valence-electron chi connectivity index (χ0n) is 12.9. The highest BCUT2D eigenvalue weighted by atomic mass is 19.1. The van der Waals surface area contributed by atoms with Crippen LogP contribution in [0, 0.1) is 5.82 Å². The van der Waals surface area contributed by atoms with E-state index in [1.807, 2.05) is 0 Å². The normalized spacial score (nSPS) is 12.1. The summed E-state index contributed by atoms with van der Waals surface area (Å²) in [6.07, 6.45) is 0.361. The number of fused-ring (bicyclic) bond motifs is 1. The lowest BCUT2D eigenvalue weighted by Gasteiger charge is -2.16. The molecule has 0 aliphatic carbocycles. The summed E-state index contributed by atoms with van der Waals surface area (Å²) in [7, 11) is 0. The molecule has 0 unspecified atom stereocenters. The summed E-state index contributed by atoms with van der Waals surface area (Å²) in [6.45, 7) is 1.78. The molecule has 0 saturated carbocycles. The number of hydrogen-bond donors (Lipinski definition) is 1. The molecular weight excluding hydrogens is 311 g/mol. The van der Waals surface area contributed by atoms with Crippen LogP contribution in [0.15, 0.2) is 53.3 Å². The number of benzene rings is 2. The van der Waals surface area contributed by atoms with Crippen LogP contribution in [-0.4, -0.2) is 20.9 Å². The highest BCUT2D eigenvalue weighted by Crippen LogP contribution is 2.15. The average Bonchev–Trinajstić information content (AvgIpc) is 2.60. The molecule has 0 spiro atoms. The lowest BCUT2D eigenvalue weighted by atomic mass is 10.2. The van der Waals surface area contributed by atoms with Crippen LogP contribution >= 0.6 is 0 Å². The number of anilines is 1. The minimum atomic E-state index is -0.806. The number of aromatic nitrogens is 3. The van der Waals surface area contributed by atoms with Gasteiger partial charge in [-0.3, -0.25) is 9.59 Å². The molecule has 0 aliphatic rings. The van der Waals surface area contributed by atoms with E-state index in [1.54, 1.807) is 31.2 Å². The van der Waals surface area contributed by atoms with Crippen LogP contribution in [0.3, 0.4) is 0 Å². The van der Waals surface area contributed by atoms with Crippen LogP contribution < -0.4 is 10.9 Å². The summed E-state index contributed by atoms with van der Waals surface area (Å²) < 4.78 is 14.0. The van der Waals surface area contributed by atoms with E-state index in [1.165, 1.54) is 24.3 Å². The third kappa shape index (κ3) is 3.01. The summed E-state index contributed by atoms with van der Waals surface area (Å²) in [5.41, 5.74) is 0.552. The second-order valence-electron chi connectivity index (χ2n) is 5.28. The topological polar surface area (TPSA) is 76.9 Å². The minimum Gasteiger partial charge on any atom is -0.324 e. The molecule has 1 aromatic heterocycles. The second-order valence-corrected chi connectivity index (χ2v) is 5.28. The van der Waals surface area contributed by atoms with Gasteiger partial charge in [-0.25, -0.2) is 4.39 Å². The lowest BCUT2D eigenvalue weighted by Crippen LogP contribution is -2.35. The molecule has 122 valence electrons. The molecule has 1 N–H and O–H groups in total. The van der Waals surface area contributed by atoms with Crippen LogP contribution in [-0.2, 0) is 4.79 Å². The molecule has 24 heavy (non-hydrogen) atoms. The molecule has 1 atom stereocenters. The van der Waals surface area contributed by atoms with Crippen molar-refractivity contribution in [2.45, 2.75) is 19.4 Å². The number of rotatable bonds is 4. The molecule has 1 heterocycles. The Bertz CT molecular complexity index is 937. The zero-order valence-corrected chi connectivity index (χ0v) is 12.9. The lowest BCUT2D eigenvalue weighted by molar-refractivity contribution is -0.119. The van der Waals surface area contributed by atoms with Gasteiger partial charge in [-0.15, -0.1) is 5.10 Å². The number of nitrogens with zero attached hydrogens (tertiary/aromatic N) is 3. The van der Waals surface area contributed by atoms with Crippen LogP contribution in [0.5, 0.6) is 0 Å². The van der Waals surface area contributed by atoms with E-state index in [0.29, 0.717) is 23.0 Å². The van der Waals surface area contributed by atoms with Gasteiger partial charge in [-0.05, 0) is 42.8 Å². The van der Waals surface area contributed by atoms with E-state index in [4.69, 9.17) is 0 Å². The number of amides is 1. The summed E-state index contributed by atoms with van der Waals surface area (Å²) in [6, 6.07) is 11.4. The summed E-state index contributed by atoms with van der Waals surface area (Å²) >= 11 is 0. The van der Waals surface area contributed by atoms with Gasteiger partial charge in [-0.2, -0.15) is 4.68 Å². The Morgan fingerprint density at radius 3 is 2.62 bits per heavy atom. The van der Waals surface area contributed by atoms with Crippen molar-refractivity contribution in [3.05, 3.63) is 64.7 Å². The van der Waals surface area contributed by atoms with E-state index in [0.717, 1.165) is 4.68 Å². The Morgan fingerprint density at radius 1 is 1.21 bits per heavy atom. The standard InChI is InChI=1S/C17H15FN4O2/c1-2-15(16(23)19-12-9-7-11(18)8-10-12)22-17(24)13-5-3-4-6-14(13)20-21-22/h3-10,15H,2H2,1H3,(H,19,23)/t15-/m1/s1. The van der Waals surface area contributed by atoms with E-state index in [9.17, 15) is 14.0 Å². The van der Waals surface area contributed by atoms with Gasteiger partial charge in [0.05, 0.1) is 5.39 Å². The fourth-order valence-corrected chi connectivity index (χ4v) is 2.43. The molecule has 3 rings (SSSR count). The van der Waals surface area contributed by atoms with Crippen molar-refractivity contribution in [2.75, 3.05) is 5.32 Å². The molecule has 0 radical (unpaired) electrons. The summed E-state index contributed by atoms with van der Waals surface area (Å²) in [5, 5.41) is 10.9. The number of nitrogens with one attached hydrogen (secondary N) is 1.